The van der Waals surface area contributed by atoms with E-state index in [9.17, 15) is 13.2 Å². The monoisotopic (exact) mass is 207 g/mol. The van der Waals surface area contributed by atoms with Crippen LogP contribution in [0.3, 0.4) is 0 Å². The van der Waals surface area contributed by atoms with E-state index in [-0.39, 0.29) is 12.3 Å². The van der Waals surface area contributed by atoms with Gasteiger partial charge in [0.05, 0.1) is 12.3 Å². The van der Waals surface area contributed by atoms with Crippen molar-refractivity contribution in [3.05, 3.63) is 11.8 Å². The quantitative estimate of drug-likeness (QED) is 0.504. The number of rotatable bonds is 6. The first-order valence-electron chi connectivity index (χ1n) is 3.84. The van der Waals surface area contributed by atoms with Gasteiger partial charge in [-0.25, -0.2) is 0 Å². The van der Waals surface area contributed by atoms with Gasteiger partial charge in [-0.1, -0.05) is 13.0 Å². The minimum absolute atomic E-state index is 0.0314. The molecule has 0 aliphatic carbocycles. The molecule has 0 aliphatic heterocycles. The zero-order chi connectivity index (χ0) is 10.3. The third-order valence-corrected chi connectivity index (χ3v) is 2.09. The highest BCUT2D eigenvalue weighted by Gasteiger charge is 2.10. The second kappa shape index (κ2) is 5.71. The normalized spacial score (nSPS) is 12.6. The summed E-state index contributed by atoms with van der Waals surface area (Å²) >= 11 is 0. The van der Waals surface area contributed by atoms with E-state index in [2.05, 4.69) is 4.18 Å². The summed E-state index contributed by atoms with van der Waals surface area (Å²) in [6, 6.07) is 0. The van der Waals surface area contributed by atoms with Crippen LogP contribution in [0.15, 0.2) is 11.8 Å². The van der Waals surface area contributed by atoms with Gasteiger partial charge in [0.25, 0.3) is 0 Å². The number of allylic oxidation sites excluding steroid dienone is 2. The van der Waals surface area contributed by atoms with Crippen LogP contribution in [-0.4, -0.2) is 21.3 Å². The van der Waals surface area contributed by atoms with E-state index >= 15 is 0 Å². The Bertz CT molecular complexity index is 281. The first kappa shape index (κ1) is 12.1. The van der Waals surface area contributed by atoms with E-state index < -0.39 is 10.3 Å². The van der Waals surface area contributed by atoms with Gasteiger partial charge in [-0.3, -0.25) is 13.7 Å². The summed E-state index contributed by atoms with van der Waals surface area (Å²) in [6.45, 7) is 3.43. The number of nitrogens with one attached hydrogen (secondary N) is 1. The van der Waals surface area contributed by atoms with Gasteiger partial charge in [0.2, 0.25) is 0 Å². The second-order valence-corrected chi connectivity index (χ2v) is 3.59. The Labute approximate surface area is 78.0 Å². The number of carbonyl (C=O) groups is 1. The molecule has 5 nitrogen and oxygen atoms in total. The summed E-state index contributed by atoms with van der Waals surface area (Å²) in [4.78, 5) is 10.2. The highest BCUT2D eigenvalue weighted by atomic mass is 32.2. The minimum atomic E-state index is -3.82. The molecule has 0 atom stereocenters. The predicted octanol–water partition coefficient (Wildman–Crippen LogP) is 0.350. The average Bonchev–Trinajstić information content (AvgIpc) is 2.11. The molecule has 13 heavy (non-hydrogen) atoms. The van der Waals surface area contributed by atoms with Crippen LogP contribution in [0.2, 0.25) is 0 Å². The summed E-state index contributed by atoms with van der Waals surface area (Å²) in [6.07, 6.45) is 2.35. The smallest absolute Gasteiger partial charge is 0.296 e. The van der Waals surface area contributed by atoms with Crippen molar-refractivity contribution in [1.29, 1.82) is 0 Å². The molecule has 0 unspecified atom stereocenters. The highest BCUT2D eigenvalue weighted by molar-refractivity contribution is 7.84. The molecule has 0 saturated carbocycles. The van der Waals surface area contributed by atoms with Gasteiger partial charge in [0.15, 0.2) is 6.29 Å². The van der Waals surface area contributed by atoms with Crippen molar-refractivity contribution < 1.29 is 17.4 Å². The summed E-state index contributed by atoms with van der Waals surface area (Å²) in [5.74, 6) is 0. The molecule has 0 heterocycles. The Balaban J connectivity index is 4.25. The molecule has 0 aliphatic rings. The molecule has 0 amide bonds. The van der Waals surface area contributed by atoms with Crippen LogP contribution < -0.4 is 4.72 Å². The van der Waals surface area contributed by atoms with Crippen molar-refractivity contribution in [2.24, 2.45) is 0 Å². The van der Waals surface area contributed by atoms with Gasteiger partial charge in [-0.05, 0) is 13.3 Å². The van der Waals surface area contributed by atoms with Crippen LogP contribution in [0, 0.1) is 0 Å². The van der Waals surface area contributed by atoms with Crippen molar-refractivity contribution in [1.82, 2.24) is 4.72 Å². The van der Waals surface area contributed by atoms with Crippen molar-refractivity contribution in [2.75, 3.05) is 6.61 Å². The van der Waals surface area contributed by atoms with Crippen LogP contribution in [0.1, 0.15) is 20.3 Å². The molecule has 6 heteroatoms. The fraction of sp³-hybridized carbons (Fsp3) is 0.571. The Morgan fingerprint density at radius 2 is 2.15 bits per heavy atom. The lowest BCUT2D eigenvalue weighted by molar-refractivity contribution is -0.105. The molecule has 0 fully saturated rings. The van der Waals surface area contributed by atoms with Gasteiger partial charge >= 0.3 is 10.3 Å². The summed E-state index contributed by atoms with van der Waals surface area (Å²) < 4.78 is 28.4. The highest BCUT2D eigenvalue weighted by Crippen LogP contribution is 1.94. The van der Waals surface area contributed by atoms with Crippen molar-refractivity contribution in [3.8, 4) is 0 Å². The number of carbonyl (C=O) groups excluding carboxylic acids is 1. The fourth-order valence-electron chi connectivity index (χ4n) is 0.518. The molecule has 0 bridgehead atoms. The third kappa shape index (κ3) is 5.37. The van der Waals surface area contributed by atoms with E-state index in [1.165, 1.54) is 6.08 Å². The Morgan fingerprint density at radius 1 is 1.54 bits per heavy atom. The van der Waals surface area contributed by atoms with Crippen LogP contribution in [0.4, 0.5) is 0 Å². The summed E-state index contributed by atoms with van der Waals surface area (Å²) in [5.41, 5.74) is -0.0314. The first-order chi connectivity index (χ1) is 6.05. The lowest BCUT2D eigenvalue weighted by atomic mass is 10.5. The summed E-state index contributed by atoms with van der Waals surface area (Å²) in [5, 5.41) is 0. The topological polar surface area (TPSA) is 72.5 Å². The SMILES string of the molecule is CC=C(C=O)NS(=O)(=O)OCCC. The molecule has 0 spiro atoms. The molecule has 0 saturated heterocycles. The first-order valence-corrected chi connectivity index (χ1v) is 5.25. The number of hydrogen-bond donors (Lipinski definition) is 1. The van der Waals surface area contributed by atoms with E-state index in [4.69, 9.17) is 0 Å². The average molecular weight is 207 g/mol. The van der Waals surface area contributed by atoms with Crippen LogP contribution in [0.25, 0.3) is 0 Å². The zero-order valence-corrected chi connectivity index (χ0v) is 8.43. The largest absolute Gasteiger partial charge is 0.360 e. The summed E-state index contributed by atoms with van der Waals surface area (Å²) in [7, 11) is -3.82. The number of hydrogen-bond acceptors (Lipinski definition) is 4. The van der Waals surface area contributed by atoms with E-state index in [0.29, 0.717) is 12.7 Å². The predicted molar refractivity (Wildman–Crippen MR) is 48.1 cm³/mol. The van der Waals surface area contributed by atoms with E-state index in [0.717, 1.165) is 0 Å². The van der Waals surface area contributed by atoms with Gasteiger partial charge in [0, 0.05) is 0 Å². The molecule has 0 radical (unpaired) electrons. The Hall–Kier alpha value is -0.880. The van der Waals surface area contributed by atoms with Crippen molar-refractivity contribution >= 4 is 16.6 Å². The van der Waals surface area contributed by atoms with E-state index in [1.54, 1.807) is 13.8 Å². The Morgan fingerprint density at radius 3 is 2.54 bits per heavy atom. The third-order valence-electron chi connectivity index (χ3n) is 1.12. The maximum Gasteiger partial charge on any atom is 0.360 e. The minimum Gasteiger partial charge on any atom is -0.296 e. The Kier molecular flexibility index (Phi) is 5.33. The lowest BCUT2D eigenvalue weighted by Gasteiger charge is -2.05. The fourth-order valence-corrected chi connectivity index (χ4v) is 1.42. The van der Waals surface area contributed by atoms with Gasteiger partial charge in [-0.2, -0.15) is 8.42 Å². The molecule has 0 aromatic carbocycles. The molecule has 0 aromatic rings. The van der Waals surface area contributed by atoms with Crippen molar-refractivity contribution in [2.45, 2.75) is 20.3 Å². The van der Waals surface area contributed by atoms with E-state index in [1.807, 2.05) is 4.72 Å². The zero-order valence-electron chi connectivity index (χ0n) is 7.61. The molecule has 1 N–H and O–H groups in total. The second-order valence-electron chi connectivity index (χ2n) is 2.24. The lowest BCUT2D eigenvalue weighted by Crippen LogP contribution is -2.26. The van der Waals surface area contributed by atoms with Gasteiger partial charge in [0.1, 0.15) is 0 Å². The van der Waals surface area contributed by atoms with Crippen LogP contribution in [-0.2, 0) is 19.3 Å². The van der Waals surface area contributed by atoms with Crippen LogP contribution >= 0.6 is 0 Å². The molecular weight excluding hydrogens is 194 g/mol. The standard InChI is InChI=1S/C7H13NO4S/c1-3-5-12-13(10,11)8-7(4-2)6-9/h4,6,8H,3,5H2,1-2H3. The maximum absolute atomic E-state index is 11.0. The van der Waals surface area contributed by atoms with Gasteiger partial charge < -0.3 is 0 Å². The van der Waals surface area contributed by atoms with Crippen LogP contribution in [0.5, 0.6) is 0 Å². The van der Waals surface area contributed by atoms with Gasteiger partial charge in [-0.15, -0.1) is 0 Å². The number of aldehydes is 1. The molecular formula is C7H13NO4S. The molecule has 76 valence electrons. The molecule has 0 rings (SSSR count). The molecule has 0 aromatic heterocycles. The van der Waals surface area contributed by atoms with Crippen molar-refractivity contribution in [3.63, 3.8) is 0 Å². The maximum atomic E-state index is 11.0.